The number of H-pyrrole nitrogens is 1. The first kappa shape index (κ1) is 14.9. The summed E-state index contributed by atoms with van der Waals surface area (Å²) in [6, 6.07) is -0.229. The number of likely N-dealkylation sites (tertiary alicyclic amines) is 1. The molecule has 0 aliphatic carbocycles. The van der Waals surface area contributed by atoms with E-state index in [0.29, 0.717) is 24.9 Å². The van der Waals surface area contributed by atoms with Crippen LogP contribution >= 0.6 is 0 Å². The second-order valence-electron chi connectivity index (χ2n) is 5.21. The van der Waals surface area contributed by atoms with E-state index in [4.69, 9.17) is 0 Å². The summed E-state index contributed by atoms with van der Waals surface area (Å²) < 4.78 is 37.1. The number of halogens is 3. The number of aromatic nitrogens is 1. The predicted molar refractivity (Wildman–Crippen MR) is 68.5 cm³/mol. The number of aromatic amines is 1. The van der Waals surface area contributed by atoms with Gasteiger partial charge in [-0.05, 0) is 31.9 Å². The van der Waals surface area contributed by atoms with E-state index in [1.165, 1.54) is 4.90 Å². The molecule has 1 aliphatic heterocycles. The lowest BCUT2D eigenvalue weighted by atomic mass is 10.0. The SMILES string of the molecule is Cc1c[nH]cc1C(=O)NC1CCCN(CC(F)(F)F)C1. The second-order valence-corrected chi connectivity index (χ2v) is 5.21. The highest BCUT2D eigenvalue weighted by Gasteiger charge is 2.33. The first-order valence-corrected chi connectivity index (χ1v) is 6.58. The molecule has 0 bridgehead atoms. The van der Waals surface area contributed by atoms with Gasteiger partial charge in [-0.1, -0.05) is 0 Å². The first-order chi connectivity index (χ1) is 9.35. The van der Waals surface area contributed by atoms with Crippen molar-refractivity contribution in [1.82, 2.24) is 15.2 Å². The summed E-state index contributed by atoms with van der Waals surface area (Å²) >= 11 is 0. The van der Waals surface area contributed by atoms with Gasteiger partial charge in [-0.3, -0.25) is 9.69 Å². The lowest BCUT2D eigenvalue weighted by molar-refractivity contribution is -0.148. The molecular weight excluding hydrogens is 271 g/mol. The van der Waals surface area contributed by atoms with Gasteiger partial charge in [-0.25, -0.2) is 0 Å². The molecule has 2 N–H and O–H groups in total. The van der Waals surface area contributed by atoms with E-state index in [9.17, 15) is 18.0 Å². The first-order valence-electron chi connectivity index (χ1n) is 6.58. The Morgan fingerprint density at radius 2 is 2.25 bits per heavy atom. The molecule has 0 spiro atoms. The fourth-order valence-electron chi connectivity index (χ4n) is 2.52. The van der Waals surface area contributed by atoms with Crippen molar-refractivity contribution in [3.63, 3.8) is 0 Å². The molecular formula is C13H18F3N3O. The van der Waals surface area contributed by atoms with Crippen molar-refractivity contribution >= 4 is 5.91 Å². The van der Waals surface area contributed by atoms with Crippen LogP contribution in [0.4, 0.5) is 13.2 Å². The number of hydrogen-bond donors (Lipinski definition) is 2. The lowest BCUT2D eigenvalue weighted by Crippen LogP contribution is -2.50. The predicted octanol–water partition coefficient (Wildman–Crippen LogP) is 2.08. The van der Waals surface area contributed by atoms with Crippen LogP contribution in [0.5, 0.6) is 0 Å². The molecule has 0 radical (unpaired) electrons. The number of carbonyl (C=O) groups is 1. The molecule has 1 aromatic heterocycles. The number of alkyl halides is 3. The Balaban J connectivity index is 1.90. The fraction of sp³-hybridized carbons (Fsp3) is 0.615. The maximum atomic E-state index is 12.4. The van der Waals surface area contributed by atoms with E-state index >= 15 is 0 Å². The lowest BCUT2D eigenvalue weighted by Gasteiger charge is -2.33. The smallest absolute Gasteiger partial charge is 0.367 e. The van der Waals surface area contributed by atoms with Crippen LogP contribution in [0.1, 0.15) is 28.8 Å². The van der Waals surface area contributed by atoms with E-state index in [0.717, 1.165) is 5.56 Å². The molecule has 2 rings (SSSR count). The Bertz CT molecular complexity index is 470. The number of amides is 1. The third-order valence-electron chi connectivity index (χ3n) is 3.44. The Labute approximate surface area is 115 Å². The zero-order valence-corrected chi connectivity index (χ0v) is 11.3. The van der Waals surface area contributed by atoms with Gasteiger partial charge in [-0.15, -0.1) is 0 Å². The Morgan fingerprint density at radius 3 is 2.85 bits per heavy atom. The van der Waals surface area contributed by atoms with Crippen LogP contribution in [0.25, 0.3) is 0 Å². The molecule has 2 heterocycles. The third kappa shape index (κ3) is 4.00. The highest BCUT2D eigenvalue weighted by Crippen LogP contribution is 2.20. The van der Waals surface area contributed by atoms with Crippen molar-refractivity contribution in [3.8, 4) is 0 Å². The van der Waals surface area contributed by atoms with Gasteiger partial charge < -0.3 is 10.3 Å². The number of rotatable bonds is 3. The van der Waals surface area contributed by atoms with Gasteiger partial charge in [0.25, 0.3) is 5.91 Å². The number of piperidine rings is 1. The molecule has 1 amide bonds. The minimum absolute atomic E-state index is 0.229. The Hall–Kier alpha value is -1.50. The van der Waals surface area contributed by atoms with Crippen LogP contribution in [0.2, 0.25) is 0 Å². The molecule has 1 saturated heterocycles. The number of nitrogens with zero attached hydrogens (tertiary/aromatic N) is 1. The standard InChI is InChI=1S/C13H18F3N3O/c1-9-5-17-6-11(9)12(20)18-10-3-2-4-19(7-10)8-13(14,15)16/h5-6,10,17H,2-4,7-8H2,1H3,(H,18,20). The average molecular weight is 289 g/mol. The van der Waals surface area contributed by atoms with Crippen LogP contribution in [0, 0.1) is 6.92 Å². The molecule has 4 nitrogen and oxygen atoms in total. The van der Waals surface area contributed by atoms with E-state index in [1.807, 2.05) is 6.92 Å². The minimum Gasteiger partial charge on any atom is -0.367 e. The summed E-state index contributed by atoms with van der Waals surface area (Å²) in [6.45, 7) is 1.56. The number of nitrogens with one attached hydrogen (secondary N) is 2. The maximum Gasteiger partial charge on any atom is 0.401 e. The summed E-state index contributed by atoms with van der Waals surface area (Å²) in [5.41, 5.74) is 1.36. The maximum absolute atomic E-state index is 12.4. The average Bonchev–Trinajstić information content (AvgIpc) is 2.73. The topological polar surface area (TPSA) is 48.1 Å². The molecule has 7 heteroatoms. The van der Waals surface area contributed by atoms with E-state index < -0.39 is 12.7 Å². The third-order valence-corrected chi connectivity index (χ3v) is 3.44. The van der Waals surface area contributed by atoms with Crippen LogP contribution < -0.4 is 5.32 Å². The van der Waals surface area contributed by atoms with Crippen LogP contribution in [0.3, 0.4) is 0 Å². The fourth-order valence-corrected chi connectivity index (χ4v) is 2.52. The van der Waals surface area contributed by atoms with Crippen LogP contribution in [0.15, 0.2) is 12.4 Å². The molecule has 1 aliphatic rings. The molecule has 20 heavy (non-hydrogen) atoms. The minimum atomic E-state index is -4.19. The van der Waals surface area contributed by atoms with Crippen molar-refractivity contribution in [1.29, 1.82) is 0 Å². The Kier molecular flexibility index (Phi) is 4.37. The van der Waals surface area contributed by atoms with Crippen LogP contribution in [-0.4, -0.2) is 47.6 Å². The largest absolute Gasteiger partial charge is 0.401 e. The normalized spacial score (nSPS) is 20.9. The monoisotopic (exact) mass is 289 g/mol. The van der Waals surface area contributed by atoms with Crippen molar-refractivity contribution in [2.24, 2.45) is 0 Å². The van der Waals surface area contributed by atoms with Crippen molar-refractivity contribution < 1.29 is 18.0 Å². The van der Waals surface area contributed by atoms with Crippen LogP contribution in [-0.2, 0) is 0 Å². The molecule has 1 aromatic rings. The molecule has 0 aromatic carbocycles. The summed E-state index contributed by atoms with van der Waals surface area (Å²) in [5, 5.41) is 2.81. The van der Waals surface area contributed by atoms with E-state index in [1.54, 1.807) is 12.4 Å². The molecule has 0 saturated carbocycles. The summed E-state index contributed by atoms with van der Waals surface area (Å²) in [6.07, 6.45) is 0.493. The van der Waals surface area contributed by atoms with E-state index in [2.05, 4.69) is 10.3 Å². The molecule has 112 valence electrons. The highest BCUT2D eigenvalue weighted by molar-refractivity contribution is 5.95. The van der Waals surface area contributed by atoms with Gasteiger partial charge in [0.2, 0.25) is 0 Å². The van der Waals surface area contributed by atoms with Gasteiger partial charge in [0.05, 0.1) is 12.1 Å². The van der Waals surface area contributed by atoms with Gasteiger partial charge in [-0.2, -0.15) is 13.2 Å². The summed E-state index contributed by atoms with van der Waals surface area (Å²) in [5.74, 6) is -0.234. The van der Waals surface area contributed by atoms with Crippen molar-refractivity contribution in [2.75, 3.05) is 19.6 Å². The molecule has 1 atom stereocenters. The molecule has 1 fully saturated rings. The number of aryl methyl sites for hydroxylation is 1. The Morgan fingerprint density at radius 1 is 1.50 bits per heavy atom. The van der Waals surface area contributed by atoms with Gasteiger partial charge in [0.15, 0.2) is 0 Å². The van der Waals surface area contributed by atoms with Gasteiger partial charge in [0.1, 0.15) is 0 Å². The zero-order chi connectivity index (χ0) is 14.8. The second kappa shape index (κ2) is 5.87. The number of hydrogen-bond acceptors (Lipinski definition) is 2. The summed E-state index contributed by atoms with van der Waals surface area (Å²) in [7, 11) is 0. The van der Waals surface area contributed by atoms with E-state index in [-0.39, 0.29) is 18.5 Å². The molecule has 1 unspecified atom stereocenters. The van der Waals surface area contributed by atoms with Crippen molar-refractivity contribution in [2.45, 2.75) is 32.0 Å². The number of carbonyl (C=O) groups excluding carboxylic acids is 1. The highest BCUT2D eigenvalue weighted by atomic mass is 19.4. The van der Waals surface area contributed by atoms with Gasteiger partial charge in [0, 0.05) is 25.0 Å². The summed E-state index contributed by atoms with van der Waals surface area (Å²) in [4.78, 5) is 16.2. The van der Waals surface area contributed by atoms with Gasteiger partial charge >= 0.3 is 6.18 Å². The zero-order valence-electron chi connectivity index (χ0n) is 11.3. The van der Waals surface area contributed by atoms with Crippen molar-refractivity contribution in [3.05, 3.63) is 23.5 Å². The quantitative estimate of drug-likeness (QED) is 0.895.